The first-order chi connectivity index (χ1) is 8.49. The number of H-pyrrole nitrogens is 2. The van der Waals surface area contributed by atoms with Crippen LogP contribution >= 0.6 is 39.5 Å². The van der Waals surface area contributed by atoms with Gasteiger partial charge in [-0.3, -0.25) is 15.2 Å². The third kappa shape index (κ3) is 2.44. The minimum absolute atomic E-state index is 0.0240. The number of hydrogen-bond acceptors (Lipinski definition) is 7. The summed E-state index contributed by atoms with van der Waals surface area (Å²) in [5, 5.41) is 25.1. The highest BCUT2D eigenvalue weighted by Crippen LogP contribution is 2.26. The lowest BCUT2D eigenvalue weighted by atomic mass is 10.4. The topological polar surface area (TPSA) is 130 Å². The maximum atomic E-state index is 11.8. The van der Waals surface area contributed by atoms with Gasteiger partial charge in [-0.1, -0.05) is 16.4 Å². The molecule has 0 unspecified atom stereocenters. The standard InChI is InChI=1S/C6H3BrN6O3S2/c7-1-2(9-10-3(1)13(15)16)4(14)8-5-11-12-6(17)18-5/h(H,9,10)(H,12,17)(H,8,11,14). The number of hydrogen-bond donors (Lipinski definition) is 3. The number of carbonyl (C=O) groups excluding carboxylic acids is 1. The Kier molecular flexibility index (Phi) is 3.49. The number of nitrogens with one attached hydrogen (secondary N) is 3. The zero-order chi connectivity index (χ0) is 13.3. The molecule has 0 radical (unpaired) electrons. The number of carbonyl (C=O) groups is 1. The van der Waals surface area contributed by atoms with Gasteiger partial charge in [0.1, 0.15) is 4.47 Å². The lowest BCUT2D eigenvalue weighted by Gasteiger charge is -1.96. The highest BCUT2D eigenvalue weighted by molar-refractivity contribution is 9.10. The van der Waals surface area contributed by atoms with Gasteiger partial charge in [-0.25, -0.2) is 0 Å². The van der Waals surface area contributed by atoms with Gasteiger partial charge < -0.3 is 10.1 Å². The Balaban J connectivity index is 2.24. The molecule has 1 amide bonds. The van der Waals surface area contributed by atoms with Crippen LogP contribution in [-0.4, -0.2) is 31.2 Å². The first-order valence-corrected chi connectivity index (χ1v) is 6.26. The third-order valence-electron chi connectivity index (χ3n) is 1.75. The number of aromatic amines is 2. The normalized spacial score (nSPS) is 10.3. The van der Waals surface area contributed by atoms with Crippen molar-refractivity contribution in [2.24, 2.45) is 0 Å². The van der Waals surface area contributed by atoms with Crippen LogP contribution in [0.2, 0.25) is 0 Å². The summed E-state index contributed by atoms with van der Waals surface area (Å²) in [6, 6.07) is 0. The SMILES string of the molecule is O=C(Nc1n[nH]c(=S)s1)c1n[nH]c([N+](=O)[O-])c1Br. The summed E-state index contributed by atoms with van der Waals surface area (Å²) in [5.74, 6) is -1.03. The molecule has 0 saturated carbocycles. The fraction of sp³-hybridized carbons (Fsp3) is 0. The molecule has 18 heavy (non-hydrogen) atoms. The number of nitro groups is 1. The van der Waals surface area contributed by atoms with Crippen LogP contribution in [0.1, 0.15) is 10.5 Å². The molecule has 2 aromatic heterocycles. The van der Waals surface area contributed by atoms with Crippen LogP contribution in [0.3, 0.4) is 0 Å². The number of rotatable bonds is 3. The summed E-state index contributed by atoms with van der Waals surface area (Å²) >= 11 is 8.78. The lowest BCUT2D eigenvalue weighted by Crippen LogP contribution is -2.12. The molecule has 2 rings (SSSR count). The maximum absolute atomic E-state index is 11.8. The van der Waals surface area contributed by atoms with Crippen LogP contribution in [0, 0.1) is 14.1 Å². The van der Waals surface area contributed by atoms with E-state index in [1.807, 2.05) is 0 Å². The molecule has 0 bridgehead atoms. The van der Waals surface area contributed by atoms with Crippen LogP contribution in [0.25, 0.3) is 0 Å². The summed E-state index contributed by atoms with van der Waals surface area (Å²) in [7, 11) is 0. The quantitative estimate of drug-likeness (QED) is 0.440. The molecule has 0 aromatic carbocycles. The number of amides is 1. The van der Waals surface area contributed by atoms with Crippen LogP contribution in [0.15, 0.2) is 4.47 Å². The molecule has 0 aliphatic rings. The first-order valence-electron chi connectivity index (χ1n) is 4.24. The van der Waals surface area contributed by atoms with Crippen molar-refractivity contribution in [1.82, 2.24) is 20.4 Å². The Bertz CT molecular complexity index is 675. The van der Waals surface area contributed by atoms with Gasteiger partial charge in [0.05, 0.1) is 0 Å². The molecule has 0 fully saturated rings. The molecule has 0 spiro atoms. The van der Waals surface area contributed by atoms with Crippen LogP contribution in [0.5, 0.6) is 0 Å². The van der Waals surface area contributed by atoms with Crippen molar-refractivity contribution in [3.8, 4) is 0 Å². The zero-order valence-corrected chi connectivity index (χ0v) is 11.5. The highest BCUT2D eigenvalue weighted by atomic mass is 79.9. The predicted octanol–water partition coefficient (Wildman–Crippen LogP) is 1.85. The monoisotopic (exact) mass is 350 g/mol. The second-order valence-electron chi connectivity index (χ2n) is 2.86. The molecule has 3 N–H and O–H groups in total. The van der Waals surface area contributed by atoms with E-state index in [2.05, 4.69) is 41.6 Å². The maximum Gasteiger partial charge on any atom is 0.357 e. The Hall–Kier alpha value is -1.66. The van der Waals surface area contributed by atoms with E-state index in [-0.39, 0.29) is 15.3 Å². The minimum atomic E-state index is -0.688. The van der Waals surface area contributed by atoms with Crippen LogP contribution in [-0.2, 0) is 0 Å². The van der Waals surface area contributed by atoms with E-state index in [0.717, 1.165) is 11.3 Å². The molecule has 0 aliphatic heterocycles. The average Bonchev–Trinajstić information content (AvgIpc) is 2.85. The molecular weight excluding hydrogens is 348 g/mol. The molecule has 0 saturated heterocycles. The second kappa shape index (κ2) is 4.91. The lowest BCUT2D eigenvalue weighted by molar-refractivity contribution is -0.390. The third-order valence-corrected chi connectivity index (χ3v) is 3.50. The van der Waals surface area contributed by atoms with Gasteiger partial charge in [-0.05, 0) is 33.1 Å². The molecule has 2 heterocycles. The number of aromatic nitrogens is 4. The van der Waals surface area contributed by atoms with Gasteiger partial charge in [0.25, 0.3) is 5.91 Å². The molecule has 2 aromatic rings. The molecule has 9 nitrogen and oxygen atoms in total. The Morgan fingerprint density at radius 2 is 2.22 bits per heavy atom. The largest absolute Gasteiger partial charge is 0.358 e. The van der Waals surface area contributed by atoms with Crippen molar-refractivity contribution in [2.75, 3.05) is 5.32 Å². The van der Waals surface area contributed by atoms with Crippen molar-refractivity contribution in [1.29, 1.82) is 0 Å². The molecule has 94 valence electrons. The smallest absolute Gasteiger partial charge is 0.357 e. The summed E-state index contributed by atoms with van der Waals surface area (Å²) in [6.45, 7) is 0. The summed E-state index contributed by atoms with van der Waals surface area (Å²) < 4.78 is 0.376. The van der Waals surface area contributed by atoms with Gasteiger partial charge in [-0.15, -0.1) is 10.2 Å². The van der Waals surface area contributed by atoms with Crippen molar-refractivity contribution < 1.29 is 9.72 Å². The number of nitrogens with zero attached hydrogens (tertiary/aromatic N) is 3. The van der Waals surface area contributed by atoms with E-state index in [9.17, 15) is 14.9 Å². The molecule has 12 heteroatoms. The van der Waals surface area contributed by atoms with Crippen molar-refractivity contribution in [2.45, 2.75) is 0 Å². The van der Waals surface area contributed by atoms with E-state index in [1.54, 1.807) is 0 Å². The van der Waals surface area contributed by atoms with Gasteiger partial charge in [-0.2, -0.15) is 0 Å². The van der Waals surface area contributed by atoms with E-state index in [4.69, 9.17) is 12.2 Å². The van der Waals surface area contributed by atoms with Gasteiger partial charge >= 0.3 is 5.82 Å². The van der Waals surface area contributed by atoms with Crippen molar-refractivity contribution >= 4 is 56.3 Å². The summed E-state index contributed by atoms with van der Waals surface area (Å²) in [6.07, 6.45) is 0. The predicted molar refractivity (Wildman–Crippen MR) is 68.2 cm³/mol. The highest BCUT2D eigenvalue weighted by Gasteiger charge is 2.25. The Morgan fingerprint density at radius 3 is 2.72 bits per heavy atom. The minimum Gasteiger partial charge on any atom is -0.358 e. The molecule has 0 atom stereocenters. The van der Waals surface area contributed by atoms with Crippen molar-refractivity contribution in [3.05, 3.63) is 24.2 Å². The summed E-state index contributed by atoms with van der Waals surface area (Å²) in [5.41, 5.74) is -0.136. The second-order valence-corrected chi connectivity index (χ2v) is 5.32. The number of anilines is 1. The van der Waals surface area contributed by atoms with E-state index in [0.29, 0.717) is 3.95 Å². The fourth-order valence-electron chi connectivity index (χ4n) is 1.03. The first kappa shape index (κ1) is 12.8. The van der Waals surface area contributed by atoms with E-state index in [1.165, 1.54) is 0 Å². The van der Waals surface area contributed by atoms with Gasteiger partial charge in [0, 0.05) is 0 Å². The zero-order valence-electron chi connectivity index (χ0n) is 8.26. The average molecular weight is 351 g/mol. The van der Waals surface area contributed by atoms with E-state index >= 15 is 0 Å². The Labute approximate surface area is 116 Å². The van der Waals surface area contributed by atoms with E-state index < -0.39 is 16.6 Å². The van der Waals surface area contributed by atoms with Crippen LogP contribution < -0.4 is 5.32 Å². The fourth-order valence-corrected chi connectivity index (χ4v) is 2.32. The molecule has 0 aliphatic carbocycles. The Morgan fingerprint density at radius 1 is 1.50 bits per heavy atom. The van der Waals surface area contributed by atoms with Crippen molar-refractivity contribution in [3.63, 3.8) is 0 Å². The van der Waals surface area contributed by atoms with Crippen LogP contribution in [0.4, 0.5) is 10.9 Å². The van der Waals surface area contributed by atoms with Gasteiger partial charge in [0.15, 0.2) is 9.65 Å². The molecular formula is C6H3BrN6O3S2. The number of halogens is 1. The van der Waals surface area contributed by atoms with Gasteiger partial charge in [0.2, 0.25) is 5.13 Å². The summed E-state index contributed by atoms with van der Waals surface area (Å²) in [4.78, 5) is 21.6.